The normalized spacial score (nSPS) is 19.0. The van der Waals surface area contributed by atoms with Crippen LogP contribution in [0.5, 0.6) is 0 Å². The van der Waals surface area contributed by atoms with Crippen molar-refractivity contribution in [3.05, 3.63) is 42.9 Å². The van der Waals surface area contributed by atoms with Crippen LogP contribution in [0.2, 0.25) is 0 Å². The van der Waals surface area contributed by atoms with E-state index in [1.807, 2.05) is 12.1 Å². The standard InChI is InChI=1S/C17H19N3O/c21-17(14-6-4-2-1-3-5-7-14)20-16-15-12-18-10-8-13(15)9-11-19-16/h1-2,8-12,14H,3-7H2,(H,19,20,21). The summed E-state index contributed by atoms with van der Waals surface area (Å²) >= 11 is 0. The number of carbonyl (C=O) groups is 1. The molecular formula is C17H19N3O. The number of allylic oxidation sites excluding steroid dienone is 2. The first-order valence-electron chi connectivity index (χ1n) is 7.49. The van der Waals surface area contributed by atoms with E-state index in [2.05, 4.69) is 27.4 Å². The quantitative estimate of drug-likeness (QED) is 0.854. The lowest BCUT2D eigenvalue weighted by Gasteiger charge is -2.17. The smallest absolute Gasteiger partial charge is 0.228 e. The van der Waals surface area contributed by atoms with Gasteiger partial charge in [-0.1, -0.05) is 12.2 Å². The minimum Gasteiger partial charge on any atom is -0.310 e. The number of nitrogens with one attached hydrogen (secondary N) is 1. The molecule has 0 aromatic carbocycles. The maximum absolute atomic E-state index is 12.5. The molecule has 108 valence electrons. The monoisotopic (exact) mass is 281 g/mol. The number of nitrogens with zero attached hydrogens (tertiary/aromatic N) is 2. The number of fused-ring (bicyclic) bond motifs is 1. The number of rotatable bonds is 2. The van der Waals surface area contributed by atoms with Gasteiger partial charge in [-0.2, -0.15) is 0 Å². The van der Waals surface area contributed by atoms with Crippen LogP contribution in [0.15, 0.2) is 42.9 Å². The summed E-state index contributed by atoms with van der Waals surface area (Å²) in [6, 6.07) is 3.85. The van der Waals surface area contributed by atoms with Gasteiger partial charge >= 0.3 is 0 Å². The van der Waals surface area contributed by atoms with E-state index in [-0.39, 0.29) is 11.8 Å². The van der Waals surface area contributed by atoms with E-state index in [1.165, 1.54) is 0 Å². The highest BCUT2D eigenvalue weighted by Crippen LogP contribution is 2.23. The van der Waals surface area contributed by atoms with Gasteiger partial charge < -0.3 is 5.32 Å². The largest absolute Gasteiger partial charge is 0.310 e. The number of aromatic nitrogens is 2. The Morgan fingerprint density at radius 2 is 2.00 bits per heavy atom. The first-order chi connectivity index (χ1) is 10.3. The lowest BCUT2D eigenvalue weighted by molar-refractivity contribution is -0.120. The highest BCUT2D eigenvalue weighted by atomic mass is 16.1. The predicted molar refractivity (Wildman–Crippen MR) is 83.9 cm³/mol. The Morgan fingerprint density at radius 3 is 2.95 bits per heavy atom. The van der Waals surface area contributed by atoms with Crippen molar-refractivity contribution in [2.24, 2.45) is 5.92 Å². The summed E-state index contributed by atoms with van der Waals surface area (Å²) in [5.74, 6) is 0.765. The van der Waals surface area contributed by atoms with E-state index in [0.29, 0.717) is 5.82 Å². The van der Waals surface area contributed by atoms with E-state index >= 15 is 0 Å². The summed E-state index contributed by atoms with van der Waals surface area (Å²) in [6.45, 7) is 0. The van der Waals surface area contributed by atoms with Crippen LogP contribution in [0.4, 0.5) is 5.82 Å². The van der Waals surface area contributed by atoms with Crippen molar-refractivity contribution in [3.8, 4) is 0 Å². The number of hydrogen-bond donors (Lipinski definition) is 1. The first-order valence-corrected chi connectivity index (χ1v) is 7.49. The van der Waals surface area contributed by atoms with Gasteiger partial charge in [0.1, 0.15) is 5.82 Å². The molecule has 2 heterocycles. The van der Waals surface area contributed by atoms with E-state index in [1.54, 1.807) is 18.6 Å². The van der Waals surface area contributed by atoms with Crippen molar-refractivity contribution in [2.45, 2.75) is 32.1 Å². The first kappa shape index (κ1) is 13.7. The Kier molecular flexibility index (Phi) is 4.24. The Balaban J connectivity index is 1.78. The zero-order chi connectivity index (χ0) is 14.5. The van der Waals surface area contributed by atoms with Crippen LogP contribution in [0.3, 0.4) is 0 Å². The molecule has 1 aliphatic rings. The molecule has 21 heavy (non-hydrogen) atoms. The number of carbonyl (C=O) groups excluding carboxylic acids is 1. The third kappa shape index (κ3) is 3.27. The number of hydrogen-bond acceptors (Lipinski definition) is 3. The molecule has 1 unspecified atom stereocenters. The zero-order valence-corrected chi connectivity index (χ0v) is 12.0. The molecule has 1 amide bonds. The summed E-state index contributed by atoms with van der Waals surface area (Å²) in [7, 11) is 0. The molecule has 0 saturated heterocycles. The molecule has 4 heteroatoms. The molecule has 3 rings (SSSR count). The second-order valence-corrected chi connectivity index (χ2v) is 5.42. The van der Waals surface area contributed by atoms with E-state index in [4.69, 9.17) is 0 Å². The average molecular weight is 281 g/mol. The van der Waals surface area contributed by atoms with Gasteiger partial charge in [-0.3, -0.25) is 9.78 Å². The van der Waals surface area contributed by atoms with Crippen molar-refractivity contribution >= 4 is 22.5 Å². The molecule has 0 spiro atoms. The van der Waals surface area contributed by atoms with Crippen molar-refractivity contribution in [1.29, 1.82) is 0 Å². The molecule has 2 aromatic rings. The lowest BCUT2D eigenvalue weighted by Crippen LogP contribution is -2.23. The molecule has 0 bridgehead atoms. The van der Waals surface area contributed by atoms with Gasteiger partial charge in [-0.25, -0.2) is 4.98 Å². The van der Waals surface area contributed by atoms with Crippen LogP contribution >= 0.6 is 0 Å². The van der Waals surface area contributed by atoms with Gasteiger partial charge in [-0.15, -0.1) is 0 Å². The fourth-order valence-electron chi connectivity index (χ4n) is 2.75. The highest BCUT2D eigenvalue weighted by Gasteiger charge is 2.19. The van der Waals surface area contributed by atoms with Crippen molar-refractivity contribution in [3.63, 3.8) is 0 Å². The Hall–Kier alpha value is -2.23. The summed E-state index contributed by atoms with van der Waals surface area (Å²) in [6.07, 6.45) is 14.6. The van der Waals surface area contributed by atoms with Crippen LogP contribution < -0.4 is 5.32 Å². The molecule has 2 aromatic heterocycles. The zero-order valence-electron chi connectivity index (χ0n) is 12.0. The van der Waals surface area contributed by atoms with Crippen molar-refractivity contribution in [1.82, 2.24) is 9.97 Å². The third-order valence-corrected chi connectivity index (χ3v) is 3.95. The fourth-order valence-corrected chi connectivity index (χ4v) is 2.75. The predicted octanol–water partition coefficient (Wildman–Crippen LogP) is 3.70. The molecule has 0 saturated carbocycles. The second kappa shape index (κ2) is 6.48. The van der Waals surface area contributed by atoms with E-state index < -0.39 is 0 Å². The van der Waals surface area contributed by atoms with Crippen LogP contribution in [0, 0.1) is 5.92 Å². The molecule has 1 atom stereocenters. The van der Waals surface area contributed by atoms with Gasteiger partial charge in [0.15, 0.2) is 0 Å². The van der Waals surface area contributed by atoms with Crippen LogP contribution in [-0.4, -0.2) is 15.9 Å². The molecule has 0 fully saturated rings. The number of pyridine rings is 2. The number of anilines is 1. The van der Waals surface area contributed by atoms with Gasteiger partial charge in [0.25, 0.3) is 0 Å². The maximum Gasteiger partial charge on any atom is 0.228 e. The van der Waals surface area contributed by atoms with Crippen LogP contribution in [0.1, 0.15) is 32.1 Å². The Labute approximate surface area is 124 Å². The fraction of sp³-hybridized carbons (Fsp3) is 0.353. The van der Waals surface area contributed by atoms with Gasteiger partial charge in [0, 0.05) is 29.9 Å². The van der Waals surface area contributed by atoms with Crippen molar-refractivity contribution < 1.29 is 4.79 Å². The van der Waals surface area contributed by atoms with Gasteiger partial charge in [-0.05, 0) is 49.6 Å². The summed E-state index contributed by atoms with van der Waals surface area (Å²) in [5.41, 5.74) is 0. The van der Waals surface area contributed by atoms with Crippen LogP contribution in [0.25, 0.3) is 10.8 Å². The van der Waals surface area contributed by atoms with Gasteiger partial charge in [0.05, 0.1) is 0 Å². The molecule has 0 radical (unpaired) electrons. The summed E-state index contributed by atoms with van der Waals surface area (Å²) in [5, 5.41) is 4.91. The van der Waals surface area contributed by atoms with Crippen molar-refractivity contribution in [2.75, 3.05) is 5.32 Å². The Bertz CT molecular complexity index is 661. The molecule has 4 nitrogen and oxygen atoms in total. The Morgan fingerprint density at radius 1 is 1.14 bits per heavy atom. The lowest BCUT2D eigenvalue weighted by atomic mass is 9.93. The average Bonchev–Trinajstić information content (AvgIpc) is 2.47. The van der Waals surface area contributed by atoms with E-state index in [9.17, 15) is 4.79 Å². The molecular weight excluding hydrogens is 262 g/mol. The number of amides is 1. The summed E-state index contributed by atoms with van der Waals surface area (Å²) in [4.78, 5) is 20.9. The molecule has 0 aliphatic heterocycles. The van der Waals surface area contributed by atoms with E-state index in [0.717, 1.165) is 42.9 Å². The third-order valence-electron chi connectivity index (χ3n) is 3.95. The van der Waals surface area contributed by atoms with Gasteiger partial charge in [0.2, 0.25) is 5.91 Å². The SMILES string of the molecule is O=C(Nc1nccc2ccncc12)C1CCC=CCCC1. The molecule has 1 aliphatic carbocycles. The molecule has 1 N–H and O–H groups in total. The minimum absolute atomic E-state index is 0.0728. The maximum atomic E-state index is 12.5. The summed E-state index contributed by atoms with van der Waals surface area (Å²) < 4.78 is 0. The minimum atomic E-state index is 0.0728. The second-order valence-electron chi connectivity index (χ2n) is 5.42. The topological polar surface area (TPSA) is 54.9 Å². The van der Waals surface area contributed by atoms with Crippen LogP contribution in [-0.2, 0) is 4.79 Å². The highest BCUT2D eigenvalue weighted by molar-refractivity contribution is 6.00.